The molecule has 5 N–H and O–H groups in total. The number of aliphatic hydroxyl groups excluding tert-OH is 2. The van der Waals surface area contributed by atoms with Crippen LogP contribution in [0.25, 0.3) is 0 Å². The Labute approximate surface area is 238 Å². The molecule has 0 aromatic heterocycles. The predicted molar refractivity (Wildman–Crippen MR) is 151 cm³/mol. The zero-order valence-corrected chi connectivity index (χ0v) is 23.0. The van der Waals surface area contributed by atoms with E-state index in [1.165, 1.54) is 23.1 Å². The lowest BCUT2D eigenvalue weighted by atomic mass is 9.98. The Balaban J connectivity index is 1.50. The number of likely N-dealkylation sites (tertiary alicyclic amines) is 1. The fourth-order valence-electron chi connectivity index (χ4n) is 4.92. The van der Waals surface area contributed by atoms with Crippen molar-refractivity contribution in [3.63, 3.8) is 0 Å². The average Bonchev–Trinajstić information content (AvgIpc) is 3.38. The summed E-state index contributed by atoms with van der Waals surface area (Å²) < 4.78 is 5.15. The number of methoxy groups -OCH3 is 1. The van der Waals surface area contributed by atoms with Crippen LogP contribution in [0.3, 0.4) is 0 Å². The molecule has 3 amide bonds. The number of carbonyl (C=O) groups is 3. The van der Waals surface area contributed by atoms with Crippen LogP contribution in [0.15, 0.2) is 72.8 Å². The predicted octanol–water partition coefficient (Wildman–Crippen LogP) is 1.69. The second-order valence-corrected chi connectivity index (χ2v) is 10.1. The maximum absolute atomic E-state index is 13.6. The summed E-state index contributed by atoms with van der Waals surface area (Å²) in [6.07, 6.45) is -2.51. The fraction of sp³-hybridized carbons (Fsp3) is 0.323. The third kappa shape index (κ3) is 7.22. The molecule has 10 heteroatoms. The number of hydrogen-bond donors (Lipinski definition) is 5. The highest BCUT2D eigenvalue weighted by Crippen LogP contribution is 2.23. The molecule has 10 nitrogen and oxygen atoms in total. The molecule has 4 atom stereocenters. The number of rotatable bonds is 10. The van der Waals surface area contributed by atoms with E-state index in [1.807, 2.05) is 30.3 Å². The topological polar surface area (TPSA) is 148 Å². The lowest BCUT2D eigenvalue weighted by Gasteiger charge is -2.30. The van der Waals surface area contributed by atoms with Gasteiger partial charge >= 0.3 is 0 Å². The molecule has 3 aromatic rings. The number of ether oxygens (including phenoxy) is 1. The van der Waals surface area contributed by atoms with Crippen molar-refractivity contribution in [3.05, 3.63) is 95.1 Å². The molecule has 0 saturated carbocycles. The first-order chi connectivity index (χ1) is 19.7. The van der Waals surface area contributed by atoms with Crippen molar-refractivity contribution in [2.24, 2.45) is 0 Å². The molecule has 1 aliphatic rings. The van der Waals surface area contributed by atoms with Gasteiger partial charge in [0.15, 0.2) is 6.10 Å². The summed E-state index contributed by atoms with van der Waals surface area (Å²) in [5.74, 6) is -1.18. The van der Waals surface area contributed by atoms with Crippen LogP contribution in [0, 0.1) is 6.92 Å². The molecule has 4 unspecified atom stereocenters. The molecule has 4 rings (SSSR count). The van der Waals surface area contributed by atoms with Crippen molar-refractivity contribution >= 4 is 17.7 Å². The first kappa shape index (κ1) is 29.6. The number of amides is 3. The van der Waals surface area contributed by atoms with Crippen molar-refractivity contribution in [1.29, 1.82) is 0 Å². The number of nitrogens with one attached hydrogen (secondary N) is 2. The van der Waals surface area contributed by atoms with Crippen molar-refractivity contribution in [3.8, 4) is 11.5 Å². The number of phenolic OH excluding ortho intramolecular Hbond substituents is 1. The van der Waals surface area contributed by atoms with Gasteiger partial charge in [0, 0.05) is 30.6 Å². The van der Waals surface area contributed by atoms with E-state index in [1.54, 1.807) is 38.3 Å². The van der Waals surface area contributed by atoms with Crippen LogP contribution in [0.2, 0.25) is 0 Å². The zero-order valence-electron chi connectivity index (χ0n) is 23.0. The lowest BCUT2D eigenvalue weighted by molar-refractivity contribution is -0.146. The van der Waals surface area contributed by atoms with Crippen molar-refractivity contribution in [1.82, 2.24) is 15.5 Å². The SMILES string of the molecule is COc1ccc(CNC(=O)C2CC(O)CN2C(=O)C(O)C(Cc2ccccc2)NC(=O)c2cccc(O)c2C)cc1. The minimum atomic E-state index is -1.71. The third-order valence-corrected chi connectivity index (χ3v) is 7.29. The minimum Gasteiger partial charge on any atom is -0.508 e. The molecule has 1 aliphatic heterocycles. The Hall–Kier alpha value is -4.41. The van der Waals surface area contributed by atoms with Crippen molar-refractivity contribution in [2.75, 3.05) is 13.7 Å². The standard InChI is InChI=1S/C31H35N3O7/c1-19-24(9-6-10-27(19)36)29(38)33-25(15-20-7-4-3-5-8-20)28(37)31(40)34-18-22(35)16-26(34)30(39)32-17-21-11-13-23(41-2)14-12-21/h3-14,22,25-26,28,35-37H,15-18H2,1-2H3,(H,32,39)(H,33,38). The largest absolute Gasteiger partial charge is 0.508 e. The van der Waals surface area contributed by atoms with Crippen LogP contribution >= 0.6 is 0 Å². The molecule has 216 valence electrons. The number of aliphatic hydroxyl groups is 2. The summed E-state index contributed by atoms with van der Waals surface area (Å²) >= 11 is 0. The highest BCUT2D eigenvalue weighted by molar-refractivity contribution is 5.97. The van der Waals surface area contributed by atoms with Gasteiger partial charge in [-0.15, -0.1) is 0 Å². The summed E-state index contributed by atoms with van der Waals surface area (Å²) in [5, 5.41) is 37.2. The van der Waals surface area contributed by atoms with Crippen LogP contribution in [-0.2, 0) is 22.6 Å². The van der Waals surface area contributed by atoms with Gasteiger partial charge in [0.05, 0.1) is 19.3 Å². The fourth-order valence-corrected chi connectivity index (χ4v) is 4.92. The second kappa shape index (κ2) is 13.3. The highest BCUT2D eigenvalue weighted by Gasteiger charge is 2.42. The number of aromatic hydroxyl groups is 1. The number of hydrogen-bond acceptors (Lipinski definition) is 7. The molecular formula is C31H35N3O7. The monoisotopic (exact) mass is 561 g/mol. The molecule has 3 aromatic carbocycles. The molecule has 0 spiro atoms. The number of phenols is 1. The molecule has 0 bridgehead atoms. The molecule has 1 saturated heterocycles. The average molecular weight is 562 g/mol. The Bertz CT molecular complexity index is 1360. The minimum absolute atomic E-state index is 0.0190. The molecule has 0 radical (unpaired) electrons. The van der Waals surface area contributed by atoms with Gasteiger partial charge in [-0.25, -0.2) is 0 Å². The molecule has 1 fully saturated rings. The first-order valence-corrected chi connectivity index (χ1v) is 13.4. The van der Waals surface area contributed by atoms with Gasteiger partial charge in [0.2, 0.25) is 5.91 Å². The highest BCUT2D eigenvalue weighted by atomic mass is 16.5. The molecule has 41 heavy (non-hydrogen) atoms. The van der Waals surface area contributed by atoms with E-state index in [-0.39, 0.29) is 37.2 Å². The van der Waals surface area contributed by atoms with Gasteiger partial charge in [-0.05, 0) is 48.7 Å². The van der Waals surface area contributed by atoms with Gasteiger partial charge in [-0.2, -0.15) is 0 Å². The maximum atomic E-state index is 13.6. The normalized spacial score (nSPS) is 17.9. The van der Waals surface area contributed by atoms with Gasteiger partial charge in [-0.3, -0.25) is 14.4 Å². The molecule has 0 aliphatic carbocycles. The van der Waals surface area contributed by atoms with Crippen LogP contribution in [0.4, 0.5) is 0 Å². The van der Waals surface area contributed by atoms with Crippen LogP contribution in [0.5, 0.6) is 11.5 Å². The van der Waals surface area contributed by atoms with Crippen molar-refractivity contribution in [2.45, 2.75) is 50.6 Å². The molecule has 1 heterocycles. The van der Waals surface area contributed by atoms with Crippen LogP contribution in [0.1, 0.15) is 33.5 Å². The van der Waals surface area contributed by atoms with Gasteiger partial charge in [-0.1, -0.05) is 48.5 Å². The summed E-state index contributed by atoms with van der Waals surface area (Å²) in [4.78, 5) is 41.1. The molecular weight excluding hydrogens is 526 g/mol. The van der Waals surface area contributed by atoms with E-state index in [0.29, 0.717) is 11.3 Å². The van der Waals surface area contributed by atoms with Gasteiger partial charge in [0.1, 0.15) is 17.5 Å². The summed E-state index contributed by atoms with van der Waals surface area (Å²) in [7, 11) is 1.56. The van der Waals surface area contributed by atoms with E-state index in [0.717, 1.165) is 11.1 Å². The van der Waals surface area contributed by atoms with E-state index >= 15 is 0 Å². The van der Waals surface area contributed by atoms with Gasteiger partial charge < -0.3 is 35.6 Å². The second-order valence-electron chi connectivity index (χ2n) is 10.1. The van der Waals surface area contributed by atoms with E-state index in [9.17, 15) is 29.7 Å². The Kier molecular flexibility index (Phi) is 9.59. The van der Waals surface area contributed by atoms with Crippen LogP contribution in [-0.4, -0.2) is 75.9 Å². The Morgan fingerprint density at radius 3 is 2.39 bits per heavy atom. The summed E-state index contributed by atoms with van der Waals surface area (Å²) in [6, 6.07) is 18.7. The summed E-state index contributed by atoms with van der Waals surface area (Å²) in [5.41, 5.74) is 2.16. The van der Waals surface area contributed by atoms with Crippen LogP contribution < -0.4 is 15.4 Å². The zero-order chi connectivity index (χ0) is 29.5. The van der Waals surface area contributed by atoms with E-state index < -0.39 is 42.0 Å². The smallest absolute Gasteiger partial charge is 0.254 e. The lowest BCUT2D eigenvalue weighted by Crippen LogP contribution is -2.55. The number of benzene rings is 3. The van der Waals surface area contributed by atoms with Gasteiger partial charge in [0.25, 0.3) is 11.8 Å². The maximum Gasteiger partial charge on any atom is 0.254 e. The Morgan fingerprint density at radius 2 is 1.71 bits per heavy atom. The Morgan fingerprint density at radius 1 is 1.00 bits per heavy atom. The number of carbonyl (C=O) groups excluding carboxylic acids is 3. The number of nitrogens with zero attached hydrogens (tertiary/aromatic N) is 1. The van der Waals surface area contributed by atoms with Crippen molar-refractivity contribution < 1.29 is 34.4 Å². The summed E-state index contributed by atoms with van der Waals surface area (Å²) in [6.45, 7) is 1.67. The first-order valence-electron chi connectivity index (χ1n) is 13.4. The van der Waals surface area contributed by atoms with E-state index in [2.05, 4.69) is 10.6 Å². The quantitative estimate of drug-likeness (QED) is 0.253. The van der Waals surface area contributed by atoms with E-state index in [4.69, 9.17) is 4.74 Å². The third-order valence-electron chi connectivity index (χ3n) is 7.29. The number of β-amino-alcohol motifs (C(OH)–C–C–N with tert-alkyl or cyclic N) is 1.